The second-order valence-corrected chi connectivity index (χ2v) is 7.86. The predicted molar refractivity (Wildman–Crippen MR) is 91.2 cm³/mol. The zero-order chi connectivity index (χ0) is 15.9. The molecular formula is C17H17N3O2S. The van der Waals surface area contributed by atoms with Gasteiger partial charge in [-0.3, -0.25) is 0 Å². The van der Waals surface area contributed by atoms with Gasteiger partial charge in [0.05, 0.1) is 10.9 Å². The van der Waals surface area contributed by atoms with Gasteiger partial charge in [0.25, 0.3) is 0 Å². The molecule has 1 saturated carbocycles. The van der Waals surface area contributed by atoms with Gasteiger partial charge in [0.2, 0.25) is 10.0 Å². The van der Waals surface area contributed by atoms with Crippen molar-refractivity contribution in [2.45, 2.75) is 24.5 Å². The van der Waals surface area contributed by atoms with Gasteiger partial charge in [0, 0.05) is 11.6 Å². The molecule has 0 unspecified atom stereocenters. The van der Waals surface area contributed by atoms with Crippen molar-refractivity contribution in [3.05, 3.63) is 54.7 Å². The van der Waals surface area contributed by atoms with E-state index in [4.69, 9.17) is 0 Å². The van der Waals surface area contributed by atoms with Gasteiger partial charge in [-0.25, -0.2) is 17.7 Å². The molecule has 1 aromatic carbocycles. The number of H-pyrrole nitrogens is 1. The van der Waals surface area contributed by atoms with Gasteiger partial charge >= 0.3 is 0 Å². The lowest BCUT2D eigenvalue weighted by Gasteiger charge is -2.32. The predicted octanol–water partition coefficient (Wildman–Crippen LogP) is 3.58. The maximum Gasteiger partial charge on any atom is 0.243 e. The molecule has 0 atom stereocenters. The molecule has 0 radical (unpaired) electrons. The summed E-state index contributed by atoms with van der Waals surface area (Å²) >= 11 is 0. The third-order valence-electron chi connectivity index (χ3n) is 4.32. The zero-order valence-electron chi connectivity index (χ0n) is 12.5. The van der Waals surface area contributed by atoms with E-state index in [9.17, 15) is 8.42 Å². The standard InChI is InChI=1S/C17H17N3O2S/c21-23(22,15-9-4-10-15)20(14-7-2-1-3-8-14)16-12-13-6-5-11-18-17(13)19-16/h1-3,5-8,11-12,15H,4,9-10H2,(H,18,19). The number of hydrogen-bond acceptors (Lipinski definition) is 3. The molecule has 0 spiro atoms. The lowest BCUT2D eigenvalue weighted by Crippen LogP contribution is -2.39. The number of aromatic amines is 1. The fourth-order valence-electron chi connectivity index (χ4n) is 2.86. The molecule has 1 fully saturated rings. The van der Waals surface area contributed by atoms with Gasteiger partial charge < -0.3 is 4.98 Å². The van der Waals surface area contributed by atoms with Crippen LogP contribution in [0.5, 0.6) is 0 Å². The van der Waals surface area contributed by atoms with E-state index in [1.807, 2.05) is 48.5 Å². The Morgan fingerprint density at radius 2 is 1.87 bits per heavy atom. The van der Waals surface area contributed by atoms with Crippen molar-refractivity contribution in [2.24, 2.45) is 0 Å². The summed E-state index contributed by atoms with van der Waals surface area (Å²) in [7, 11) is -3.44. The number of nitrogens with zero attached hydrogens (tertiary/aromatic N) is 2. The minimum atomic E-state index is -3.44. The fraction of sp³-hybridized carbons (Fsp3) is 0.235. The Bertz CT molecular complexity index is 898. The molecule has 118 valence electrons. The van der Waals surface area contributed by atoms with Gasteiger partial charge in [-0.2, -0.15) is 0 Å². The zero-order valence-corrected chi connectivity index (χ0v) is 13.3. The van der Waals surface area contributed by atoms with Gasteiger partial charge in [0.15, 0.2) is 0 Å². The Hall–Kier alpha value is -2.34. The second kappa shape index (κ2) is 5.38. The van der Waals surface area contributed by atoms with E-state index < -0.39 is 10.0 Å². The third kappa shape index (κ3) is 2.39. The van der Waals surface area contributed by atoms with Crippen molar-refractivity contribution in [3.8, 4) is 0 Å². The average Bonchev–Trinajstić information content (AvgIpc) is 2.88. The topological polar surface area (TPSA) is 66.1 Å². The van der Waals surface area contributed by atoms with E-state index in [1.54, 1.807) is 6.20 Å². The molecule has 0 saturated heterocycles. The Kier molecular flexibility index (Phi) is 3.34. The van der Waals surface area contributed by atoms with Crippen molar-refractivity contribution in [1.29, 1.82) is 0 Å². The summed E-state index contributed by atoms with van der Waals surface area (Å²) in [6.45, 7) is 0. The summed E-state index contributed by atoms with van der Waals surface area (Å²) < 4.78 is 27.6. The van der Waals surface area contributed by atoms with Crippen LogP contribution in [0.3, 0.4) is 0 Å². The number of anilines is 2. The Balaban J connectivity index is 1.88. The van der Waals surface area contributed by atoms with E-state index in [1.165, 1.54) is 4.31 Å². The quantitative estimate of drug-likeness (QED) is 0.796. The van der Waals surface area contributed by atoms with Crippen LogP contribution in [0.15, 0.2) is 54.7 Å². The molecule has 3 aromatic rings. The lowest BCUT2D eigenvalue weighted by molar-refractivity contribution is 0.476. The first-order valence-electron chi connectivity index (χ1n) is 7.69. The summed E-state index contributed by atoms with van der Waals surface area (Å²) in [4.78, 5) is 7.40. The van der Waals surface area contributed by atoms with E-state index in [0.29, 0.717) is 17.2 Å². The normalized spacial score (nSPS) is 15.5. The third-order valence-corrected chi connectivity index (χ3v) is 6.55. The number of fused-ring (bicyclic) bond motifs is 1. The minimum Gasteiger partial charge on any atom is -0.325 e. The van der Waals surface area contributed by atoms with Crippen LogP contribution < -0.4 is 4.31 Å². The molecule has 5 nitrogen and oxygen atoms in total. The highest BCUT2D eigenvalue weighted by Gasteiger charge is 2.37. The summed E-state index contributed by atoms with van der Waals surface area (Å²) in [5.41, 5.74) is 1.33. The van der Waals surface area contributed by atoms with Gasteiger partial charge in [-0.1, -0.05) is 24.6 Å². The number of nitrogens with one attached hydrogen (secondary N) is 1. The SMILES string of the molecule is O=S(=O)(C1CCC1)N(c1ccccc1)c1cc2cccnc2[nH]1. The molecule has 0 amide bonds. The minimum absolute atomic E-state index is 0.304. The van der Waals surface area contributed by atoms with Crippen LogP contribution in [-0.2, 0) is 10.0 Å². The molecule has 2 aromatic heterocycles. The smallest absolute Gasteiger partial charge is 0.243 e. The Labute approximate surface area is 135 Å². The molecule has 4 rings (SSSR count). The van der Waals surface area contributed by atoms with Crippen molar-refractivity contribution in [1.82, 2.24) is 9.97 Å². The summed E-state index contributed by atoms with van der Waals surface area (Å²) in [6.07, 6.45) is 4.12. The maximum absolute atomic E-state index is 13.1. The van der Waals surface area contributed by atoms with Gasteiger partial charge in [-0.05, 0) is 43.2 Å². The van der Waals surface area contributed by atoms with Crippen molar-refractivity contribution in [2.75, 3.05) is 4.31 Å². The maximum atomic E-state index is 13.1. The molecule has 6 heteroatoms. The molecule has 1 aliphatic carbocycles. The van der Waals surface area contributed by atoms with Crippen LogP contribution in [0.25, 0.3) is 11.0 Å². The van der Waals surface area contributed by atoms with Crippen LogP contribution in [0.1, 0.15) is 19.3 Å². The van der Waals surface area contributed by atoms with E-state index in [2.05, 4.69) is 9.97 Å². The Morgan fingerprint density at radius 1 is 1.09 bits per heavy atom. The highest BCUT2D eigenvalue weighted by molar-refractivity contribution is 7.93. The van der Waals surface area contributed by atoms with E-state index in [-0.39, 0.29) is 5.25 Å². The molecule has 23 heavy (non-hydrogen) atoms. The number of rotatable bonds is 4. The van der Waals surface area contributed by atoms with Crippen LogP contribution in [0.2, 0.25) is 0 Å². The highest BCUT2D eigenvalue weighted by atomic mass is 32.2. The number of para-hydroxylation sites is 1. The van der Waals surface area contributed by atoms with Crippen LogP contribution in [0, 0.1) is 0 Å². The molecule has 2 heterocycles. The van der Waals surface area contributed by atoms with Gasteiger partial charge in [-0.15, -0.1) is 0 Å². The van der Waals surface area contributed by atoms with Crippen molar-refractivity contribution in [3.63, 3.8) is 0 Å². The number of sulfonamides is 1. The molecule has 0 aliphatic heterocycles. The number of hydrogen-bond donors (Lipinski definition) is 1. The molecule has 0 bridgehead atoms. The summed E-state index contributed by atoms with van der Waals surface area (Å²) in [5.74, 6) is 0.539. The van der Waals surface area contributed by atoms with Crippen LogP contribution >= 0.6 is 0 Å². The summed E-state index contributed by atoms with van der Waals surface area (Å²) in [5, 5.41) is 0.592. The monoisotopic (exact) mass is 327 g/mol. The largest absolute Gasteiger partial charge is 0.325 e. The van der Waals surface area contributed by atoms with Crippen molar-refractivity contribution >= 4 is 32.6 Å². The second-order valence-electron chi connectivity index (χ2n) is 5.79. The summed E-state index contributed by atoms with van der Waals surface area (Å²) in [6, 6.07) is 14.8. The number of aromatic nitrogens is 2. The number of benzene rings is 1. The molecular weight excluding hydrogens is 310 g/mol. The first kappa shape index (κ1) is 14.3. The highest BCUT2D eigenvalue weighted by Crippen LogP contribution is 2.36. The first-order chi connectivity index (χ1) is 11.2. The average molecular weight is 327 g/mol. The fourth-order valence-corrected chi connectivity index (χ4v) is 4.87. The van der Waals surface area contributed by atoms with Gasteiger partial charge in [0.1, 0.15) is 11.5 Å². The van der Waals surface area contributed by atoms with Crippen LogP contribution in [0.4, 0.5) is 11.5 Å². The van der Waals surface area contributed by atoms with Crippen LogP contribution in [-0.4, -0.2) is 23.6 Å². The van der Waals surface area contributed by atoms with E-state index >= 15 is 0 Å². The lowest BCUT2D eigenvalue weighted by atomic mass is 10.0. The molecule has 1 aliphatic rings. The first-order valence-corrected chi connectivity index (χ1v) is 9.19. The van der Waals surface area contributed by atoms with Crippen molar-refractivity contribution < 1.29 is 8.42 Å². The number of pyridine rings is 1. The Morgan fingerprint density at radius 3 is 2.52 bits per heavy atom. The molecule has 1 N–H and O–H groups in total. The van der Waals surface area contributed by atoms with E-state index in [0.717, 1.165) is 24.6 Å².